The topological polar surface area (TPSA) is 68.0 Å². The van der Waals surface area contributed by atoms with Crippen molar-refractivity contribution in [3.8, 4) is 0 Å². The lowest BCUT2D eigenvalue weighted by Gasteiger charge is -2.25. The van der Waals surface area contributed by atoms with Crippen molar-refractivity contribution in [3.05, 3.63) is 29.8 Å². The molecule has 0 bridgehead atoms. The molecule has 1 rings (SSSR count). The Hall–Kier alpha value is -1.14. The molecule has 0 aromatic heterocycles. The molecular weight excluding hydrogens is 268 g/mol. The summed E-state index contributed by atoms with van der Waals surface area (Å²) in [5, 5.41) is 10.3. The summed E-state index contributed by atoms with van der Waals surface area (Å²) in [5.74, 6) is 0. The Morgan fingerprint density at radius 3 is 2.05 bits per heavy atom. The molecule has 3 N–H and O–H groups in total. The third-order valence-electron chi connectivity index (χ3n) is 3.26. The van der Waals surface area contributed by atoms with Crippen molar-refractivity contribution < 1.29 is 14.6 Å². The lowest BCUT2D eigenvalue weighted by molar-refractivity contribution is 0.0533. The number of rotatable bonds is 11. The van der Waals surface area contributed by atoms with Gasteiger partial charge in [0.05, 0.1) is 19.3 Å². The average molecular weight is 296 g/mol. The Kier molecular flexibility index (Phi) is 9.01. The second-order valence-electron chi connectivity index (χ2n) is 4.88. The number of aliphatic hydroxyl groups is 1. The summed E-state index contributed by atoms with van der Waals surface area (Å²) in [6.45, 7) is 8.83. The van der Waals surface area contributed by atoms with Crippen molar-refractivity contribution in [1.29, 1.82) is 0 Å². The molecule has 0 radical (unpaired) electrons. The molecule has 0 saturated carbocycles. The van der Waals surface area contributed by atoms with Crippen LogP contribution in [0.4, 0.5) is 5.69 Å². The van der Waals surface area contributed by atoms with Crippen molar-refractivity contribution in [1.82, 2.24) is 4.90 Å². The van der Waals surface area contributed by atoms with Crippen molar-refractivity contribution in [2.45, 2.75) is 20.0 Å². The van der Waals surface area contributed by atoms with Crippen molar-refractivity contribution >= 4 is 5.69 Å². The van der Waals surface area contributed by atoms with Crippen LogP contribution in [0.15, 0.2) is 24.3 Å². The molecule has 1 unspecified atom stereocenters. The molecule has 1 atom stereocenters. The molecule has 1 aromatic carbocycles. The minimum atomic E-state index is -0.533. The van der Waals surface area contributed by atoms with Crippen molar-refractivity contribution in [3.63, 3.8) is 0 Å². The minimum Gasteiger partial charge on any atom is -0.399 e. The van der Waals surface area contributed by atoms with E-state index < -0.39 is 6.10 Å². The molecular formula is C16H28N2O3. The molecule has 120 valence electrons. The van der Waals surface area contributed by atoms with E-state index in [1.807, 2.05) is 38.1 Å². The third-order valence-corrected chi connectivity index (χ3v) is 3.26. The zero-order chi connectivity index (χ0) is 15.5. The van der Waals surface area contributed by atoms with Crippen LogP contribution in [0.3, 0.4) is 0 Å². The molecule has 0 amide bonds. The Morgan fingerprint density at radius 2 is 1.57 bits per heavy atom. The van der Waals surface area contributed by atoms with Crippen molar-refractivity contribution in [2.75, 3.05) is 51.8 Å². The Morgan fingerprint density at radius 1 is 1.05 bits per heavy atom. The second kappa shape index (κ2) is 10.6. The van der Waals surface area contributed by atoms with Crippen LogP contribution >= 0.6 is 0 Å². The van der Waals surface area contributed by atoms with E-state index in [0.29, 0.717) is 38.7 Å². The first-order valence-electron chi connectivity index (χ1n) is 7.58. The van der Waals surface area contributed by atoms with Gasteiger partial charge in [-0.15, -0.1) is 0 Å². The summed E-state index contributed by atoms with van der Waals surface area (Å²) in [6, 6.07) is 7.35. The lowest BCUT2D eigenvalue weighted by Crippen LogP contribution is -2.34. The summed E-state index contributed by atoms with van der Waals surface area (Å²) < 4.78 is 10.8. The van der Waals surface area contributed by atoms with E-state index in [9.17, 15) is 5.11 Å². The van der Waals surface area contributed by atoms with Crippen molar-refractivity contribution in [2.24, 2.45) is 0 Å². The van der Waals surface area contributed by atoms with Crippen LogP contribution in [0.25, 0.3) is 0 Å². The van der Waals surface area contributed by atoms with Gasteiger partial charge in [0, 0.05) is 38.5 Å². The van der Waals surface area contributed by atoms with Gasteiger partial charge in [0.25, 0.3) is 0 Å². The maximum absolute atomic E-state index is 10.3. The van der Waals surface area contributed by atoms with E-state index in [-0.39, 0.29) is 0 Å². The van der Waals surface area contributed by atoms with Crippen LogP contribution < -0.4 is 5.73 Å². The monoisotopic (exact) mass is 296 g/mol. The van der Waals surface area contributed by atoms with Crippen LogP contribution in [0.1, 0.15) is 25.5 Å². The molecule has 21 heavy (non-hydrogen) atoms. The zero-order valence-electron chi connectivity index (χ0n) is 13.1. The van der Waals surface area contributed by atoms with Crippen LogP contribution in [0.2, 0.25) is 0 Å². The van der Waals surface area contributed by atoms with Crippen LogP contribution in [-0.4, -0.2) is 56.1 Å². The van der Waals surface area contributed by atoms with Gasteiger partial charge in [-0.2, -0.15) is 0 Å². The second-order valence-corrected chi connectivity index (χ2v) is 4.88. The smallest absolute Gasteiger partial charge is 0.0916 e. The first-order valence-corrected chi connectivity index (χ1v) is 7.58. The fourth-order valence-corrected chi connectivity index (χ4v) is 2.04. The predicted molar refractivity (Wildman–Crippen MR) is 85.2 cm³/mol. The summed E-state index contributed by atoms with van der Waals surface area (Å²) in [6.07, 6.45) is -0.533. The van der Waals surface area contributed by atoms with Crippen LogP contribution in [-0.2, 0) is 9.47 Å². The van der Waals surface area contributed by atoms with Gasteiger partial charge in [-0.1, -0.05) is 12.1 Å². The average Bonchev–Trinajstić information content (AvgIpc) is 2.48. The van der Waals surface area contributed by atoms with Crippen LogP contribution in [0.5, 0.6) is 0 Å². The normalized spacial score (nSPS) is 12.8. The van der Waals surface area contributed by atoms with Gasteiger partial charge < -0.3 is 20.3 Å². The van der Waals surface area contributed by atoms with E-state index in [2.05, 4.69) is 4.90 Å². The highest BCUT2D eigenvalue weighted by Gasteiger charge is 2.13. The van der Waals surface area contributed by atoms with Gasteiger partial charge in [0.15, 0.2) is 0 Å². The SMILES string of the molecule is CCOCCN(CCOCC)CC(O)c1ccc(N)cc1. The minimum absolute atomic E-state index is 0.533. The largest absolute Gasteiger partial charge is 0.399 e. The number of nitrogens with two attached hydrogens (primary N) is 1. The standard InChI is InChI=1S/C16H28N2O3/c1-3-20-11-9-18(10-12-21-4-2)13-16(19)14-5-7-15(17)8-6-14/h5-8,16,19H,3-4,9-13,17H2,1-2H3. The zero-order valence-corrected chi connectivity index (χ0v) is 13.1. The van der Waals surface area contributed by atoms with Gasteiger partial charge in [-0.05, 0) is 31.5 Å². The number of hydrogen-bond acceptors (Lipinski definition) is 5. The Balaban J connectivity index is 2.49. The maximum Gasteiger partial charge on any atom is 0.0916 e. The maximum atomic E-state index is 10.3. The Bertz CT molecular complexity index is 360. The number of hydrogen-bond donors (Lipinski definition) is 2. The quantitative estimate of drug-likeness (QED) is 0.480. The first-order chi connectivity index (χ1) is 10.2. The predicted octanol–water partition coefficient (Wildman–Crippen LogP) is 1.68. The molecule has 0 spiro atoms. The number of anilines is 1. The van der Waals surface area contributed by atoms with Gasteiger partial charge in [0.1, 0.15) is 0 Å². The third kappa shape index (κ3) is 7.43. The van der Waals surface area contributed by atoms with Gasteiger partial charge in [0.2, 0.25) is 0 Å². The number of ether oxygens (including phenoxy) is 2. The van der Waals surface area contributed by atoms with E-state index >= 15 is 0 Å². The summed E-state index contributed by atoms with van der Waals surface area (Å²) >= 11 is 0. The summed E-state index contributed by atoms with van der Waals surface area (Å²) in [5.41, 5.74) is 7.25. The first kappa shape index (κ1) is 17.9. The van der Waals surface area contributed by atoms with Gasteiger partial charge in [-0.3, -0.25) is 4.90 Å². The highest BCUT2D eigenvalue weighted by molar-refractivity contribution is 5.39. The van der Waals surface area contributed by atoms with Gasteiger partial charge in [-0.25, -0.2) is 0 Å². The van der Waals surface area contributed by atoms with E-state index in [0.717, 1.165) is 18.7 Å². The number of nitrogen functional groups attached to an aromatic ring is 1. The highest BCUT2D eigenvalue weighted by atomic mass is 16.5. The molecule has 0 aliphatic carbocycles. The fourth-order valence-electron chi connectivity index (χ4n) is 2.04. The molecule has 5 heteroatoms. The summed E-state index contributed by atoms with van der Waals surface area (Å²) in [4.78, 5) is 2.16. The number of aliphatic hydroxyl groups excluding tert-OH is 1. The molecule has 0 aliphatic rings. The molecule has 0 aliphatic heterocycles. The molecule has 0 fully saturated rings. The molecule has 1 aromatic rings. The molecule has 0 heterocycles. The van der Waals surface area contributed by atoms with E-state index in [1.54, 1.807) is 0 Å². The van der Waals surface area contributed by atoms with Crippen LogP contribution in [0, 0.1) is 0 Å². The van der Waals surface area contributed by atoms with Gasteiger partial charge >= 0.3 is 0 Å². The van der Waals surface area contributed by atoms with E-state index in [4.69, 9.17) is 15.2 Å². The lowest BCUT2D eigenvalue weighted by atomic mass is 10.1. The summed E-state index contributed by atoms with van der Waals surface area (Å²) in [7, 11) is 0. The molecule has 0 saturated heterocycles. The Labute approximate surface area is 127 Å². The molecule has 5 nitrogen and oxygen atoms in total. The number of nitrogens with zero attached hydrogens (tertiary/aromatic N) is 1. The fraction of sp³-hybridized carbons (Fsp3) is 0.625. The van der Waals surface area contributed by atoms with E-state index in [1.165, 1.54) is 0 Å². The highest BCUT2D eigenvalue weighted by Crippen LogP contribution is 2.16. The number of benzene rings is 1.